The second-order valence-corrected chi connectivity index (χ2v) is 5.57. The number of ether oxygens (including phenoxy) is 2. The molecule has 2 amide bonds. The Bertz CT molecular complexity index is 550. The van der Waals surface area contributed by atoms with Crippen molar-refractivity contribution in [1.82, 2.24) is 10.2 Å². The Morgan fingerprint density at radius 3 is 2.81 bits per heavy atom. The van der Waals surface area contributed by atoms with Crippen LogP contribution in [0.3, 0.4) is 0 Å². The summed E-state index contributed by atoms with van der Waals surface area (Å²) < 4.78 is 10.4. The molecule has 21 heavy (non-hydrogen) atoms. The fourth-order valence-corrected chi connectivity index (χ4v) is 2.67. The van der Waals surface area contributed by atoms with Crippen LogP contribution in [0.25, 0.3) is 0 Å². The predicted molar refractivity (Wildman–Crippen MR) is 80.5 cm³/mol. The summed E-state index contributed by atoms with van der Waals surface area (Å²) in [6, 6.07) is 5.19. The van der Waals surface area contributed by atoms with Gasteiger partial charge < -0.3 is 19.7 Å². The standard InChI is InChI=1S/C14H17BrN2O4/c1-20-10-3-4-12(15)11(7-10)13(18)17-6-5-9(8-17)16-14(19)21-2/h3-4,7,9H,5-6,8H2,1-2H3,(H,16,19). The van der Waals surface area contributed by atoms with Crippen LogP contribution in [0.4, 0.5) is 4.79 Å². The van der Waals surface area contributed by atoms with E-state index in [1.54, 1.807) is 30.2 Å². The molecule has 0 radical (unpaired) electrons. The second-order valence-electron chi connectivity index (χ2n) is 4.72. The van der Waals surface area contributed by atoms with Crippen molar-refractivity contribution in [2.24, 2.45) is 0 Å². The van der Waals surface area contributed by atoms with Crippen LogP contribution in [0.15, 0.2) is 22.7 Å². The van der Waals surface area contributed by atoms with Gasteiger partial charge in [0.25, 0.3) is 5.91 Å². The van der Waals surface area contributed by atoms with Gasteiger partial charge in [-0.1, -0.05) is 0 Å². The Hall–Kier alpha value is -1.76. The lowest BCUT2D eigenvalue weighted by atomic mass is 10.2. The van der Waals surface area contributed by atoms with Crippen molar-refractivity contribution in [3.05, 3.63) is 28.2 Å². The largest absolute Gasteiger partial charge is 0.497 e. The number of nitrogens with one attached hydrogen (secondary N) is 1. The Morgan fingerprint density at radius 1 is 1.38 bits per heavy atom. The zero-order chi connectivity index (χ0) is 15.4. The highest BCUT2D eigenvalue weighted by atomic mass is 79.9. The van der Waals surface area contributed by atoms with Crippen molar-refractivity contribution in [1.29, 1.82) is 0 Å². The molecule has 1 unspecified atom stereocenters. The summed E-state index contributed by atoms with van der Waals surface area (Å²) in [6.07, 6.45) is 0.236. The summed E-state index contributed by atoms with van der Waals surface area (Å²) in [7, 11) is 2.88. The maximum atomic E-state index is 12.5. The van der Waals surface area contributed by atoms with Gasteiger partial charge in [-0.05, 0) is 40.5 Å². The molecule has 1 aromatic rings. The van der Waals surface area contributed by atoms with Crippen LogP contribution in [0.1, 0.15) is 16.8 Å². The van der Waals surface area contributed by atoms with Crippen molar-refractivity contribution >= 4 is 27.9 Å². The van der Waals surface area contributed by atoms with Crippen LogP contribution in [-0.2, 0) is 4.74 Å². The molecule has 7 heteroatoms. The first-order valence-electron chi connectivity index (χ1n) is 6.52. The Balaban J connectivity index is 2.06. The van der Waals surface area contributed by atoms with Gasteiger partial charge in [0, 0.05) is 17.6 Å². The van der Waals surface area contributed by atoms with Gasteiger partial charge in [0.05, 0.1) is 25.8 Å². The topological polar surface area (TPSA) is 67.9 Å². The minimum atomic E-state index is -0.475. The van der Waals surface area contributed by atoms with Crippen LogP contribution in [0, 0.1) is 0 Å². The van der Waals surface area contributed by atoms with Gasteiger partial charge in [0.1, 0.15) is 5.75 Å². The third-order valence-corrected chi connectivity index (χ3v) is 4.08. The van der Waals surface area contributed by atoms with Crippen molar-refractivity contribution in [2.45, 2.75) is 12.5 Å². The number of alkyl carbamates (subject to hydrolysis) is 1. The third-order valence-electron chi connectivity index (χ3n) is 3.39. The highest BCUT2D eigenvalue weighted by Crippen LogP contribution is 2.25. The Labute approximate surface area is 131 Å². The molecule has 114 valence electrons. The molecule has 0 spiro atoms. The molecule has 1 aromatic carbocycles. The molecule has 1 aliphatic rings. The number of carbonyl (C=O) groups is 2. The minimum Gasteiger partial charge on any atom is -0.497 e. The fourth-order valence-electron chi connectivity index (χ4n) is 2.25. The van der Waals surface area contributed by atoms with E-state index < -0.39 is 6.09 Å². The number of rotatable bonds is 3. The molecule has 1 N–H and O–H groups in total. The summed E-state index contributed by atoms with van der Waals surface area (Å²) in [5.41, 5.74) is 0.549. The van der Waals surface area contributed by atoms with Crippen LogP contribution >= 0.6 is 15.9 Å². The number of methoxy groups -OCH3 is 2. The van der Waals surface area contributed by atoms with E-state index >= 15 is 0 Å². The summed E-state index contributed by atoms with van der Waals surface area (Å²) in [5.74, 6) is 0.542. The summed E-state index contributed by atoms with van der Waals surface area (Å²) in [6.45, 7) is 1.06. The zero-order valence-corrected chi connectivity index (χ0v) is 13.5. The van der Waals surface area contributed by atoms with Crippen molar-refractivity contribution in [3.8, 4) is 5.75 Å². The predicted octanol–water partition coefficient (Wildman–Crippen LogP) is 2.03. The first-order chi connectivity index (χ1) is 10.0. The van der Waals surface area contributed by atoms with E-state index in [0.29, 0.717) is 30.8 Å². The van der Waals surface area contributed by atoms with Crippen LogP contribution in [0.5, 0.6) is 5.75 Å². The maximum Gasteiger partial charge on any atom is 0.407 e. The van der Waals surface area contributed by atoms with Crippen molar-refractivity contribution in [2.75, 3.05) is 27.3 Å². The average Bonchev–Trinajstić information content (AvgIpc) is 2.95. The molecule has 6 nitrogen and oxygen atoms in total. The van der Waals surface area contributed by atoms with Gasteiger partial charge in [0.15, 0.2) is 0 Å². The van der Waals surface area contributed by atoms with Gasteiger partial charge in [-0.2, -0.15) is 0 Å². The quantitative estimate of drug-likeness (QED) is 0.899. The molecule has 1 fully saturated rings. The first-order valence-corrected chi connectivity index (χ1v) is 7.31. The second kappa shape index (κ2) is 6.80. The number of benzene rings is 1. The number of amides is 2. The highest BCUT2D eigenvalue weighted by molar-refractivity contribution is 9.10. The molecule has 2 rings (SSSR count). The third kappa shape index (κ3) is 3.66. The summed E-state index contributed by atoms with van der Waals surface area (Å²) in [5, 5.41) is 2.71. The Morgan fingerprint density at radius 2 is 2.14 bits per heavy atom. The van der Waals surface area contributed by atoms with Crippen LogP contribution in [-0.4, -0.2) is 50.3 Å². The summed E-state index contributed by atoms with van der Waals surface area (Å²) >= 11 is 3.38. The average molecular weight is 357 g/mol. The van der Waals surface area contributed by atoms with Crippen molar-refractivity contribution < 1.29 is 19.1 Å². The first kappa shape index (κ1) is 15.6. The number of halogens is 1. The molecule has 0 aromatic heterocycles. The molecule has 1 atom stereocenters. The van der Waals surface area contributed by atoms with E-state index in [1.165, 1.54) is 7.11 Å². The SMILES string of the molecule is COC(=O)NC1CCN(C(=O)c2cc(OC)ccc2Br)C1. The van der Waals surface area contributed by atoms with E-state index in [9.17, 15) is 9.59 Å². The minimum absolute atomic E-state index is 0.0780. The van der Waals surface area contributed by atoms with Gasteiger partial charge in [-0.3, -0.25) is 4.79 Å². The van der Waals surface area contributed by atoms with E-state index in [0.717, 1.165) is 4.47 Å². The lowest BCUT2D eigenvalue weighted by Gasteiger charge is -2.18. The Kier molecular flexibility index (Phi) is 5.06. The maximum absolute atomic E-state index is 12.5. The molecule has 1 aliphatic heterocycles. The van der Waals surface area contributed by atoms with Gasteiger partial charge in [0.2, 0.25) is 0 Å². The monoisotopic (exact) mass is 356 g/mol. The van der Waals surface area contributed by atoms with Gasteiger partial charge >= 0.3 is 6.09 Å². The molecular weight excluding hydrogens is 340 g/mol. The number of hydrogen-bond acceptors (Lipinski definition) is 4. The van der Waals surface area contributed by atoms with E-state index in [1.807, 2.05) is 0 Å². The fraction of sp³-hybridized carbons (Fsp3) is 0.429. The molecule has 1 saturated heterocycles. The van der Waals surface area contributed by atoms with E-state index in [4.69, 9.17) is 4.74 Å². The molecule has 1 heterocycles. The van der Waals surface area contributed by atoms with Crippen LogP contribution < -0.4 is 10.1 Å². The smallest absolute Gasteiger partial charge is 0.407 e. The van der Waals surface area contributed by atoms with Gasteiger partial charge in [-0.15, -0.1) is 0 Å². The molecule has 0 saturated carbocycles. The van der Waals surface area contributed by atoms with E-state index in [2.05, 4.69) is 26.0 Å². The molecular formula is C14H17BrN2O4. The number of hydrogen-bond donors (Lipinski definition) is 1. The summed E-state index contributed by atoms with van der Waals surface area (Å²) in [4.78, 5) is 25.4. The zero-order valence-electron chi connectivity index (χ0n) is 11.9. The van der Waals surface area contributed by atoms with Crippen LogP contribution in [0.2, 0.25) is 0 Å². The molecule has 0 aliphatic carbocycles. The van der Waals surface area contributed by atoms with Gasteiger partial charge in [-0.25, -0.2) is 4.79 Å². The highest BCUT2D eigenvalue weighted by Gasteiger charge is 2.29. The van der Waals surface area contributed by atoms with E-state index in [-0.39, 0.29) is 11.9 Å². The lowest BCUT2D eigenvalue weighted by molar-refractivity contribution is 0.0787. The number of likely N-dealkylation sites (tertiary alicyclic amines) is 1. The molecule has 0 bridgehead atoms. The van der Waals surface area contributed by atoms with Crippen molar-refractivity contribution in [3.63, 3.8) is 0 Å². The number of carbonyl (C=O) groups excluding carboxylic acids is 2. The normalized spacial score (nSPS) is 17.5. The number of nitrogens with zero attached hydrogens (tertiary/aromatic N) is 1. The lowest BCUT2D eigenvalue weighted by Crippen LogP contribution is -2.38.